The monoisotopic (exact) mass is 744 g/mol. The number of hydrogen-bond donors (Lipinski definition) is 10. The topological polar surface area (TPSA) is 302 Å². The van der Waals surface area contributed by atoms with Crippen molar-refractivity contribution in [2.75, 3.05) is 25.1 Å². The van der Waals surface area contributed by atoms with Crippen LogP contribution in [0, 0.1) is 17.8 Å². The van der Waals surface area contributed by atoms with Gasteiger partial charge in [-0.25, -0.2) is 0 Å². The van der Waals surface area contributed by atoms with Crippen LogP contribution in [-0.4, -0.2) is 114 Å². The molecule has 0 radical (unpaired) electrons. The lowest BCUT2D eigenvalue weighted by molar-refractivity contribution is -0.138. The fourth-order valence-corrected chi connectivity index (χ4v) is 5.10. The number of carbonyl (C=O) groups is 7. The van der Waals surface area contributed by atoms with Gasteiger partial charge in [-0.15, -0.1) is 0 Å². The van der Waals surface area contributed by atoms with Crippen molar-refractivity contribution >= 4 is 59.1 Å². The first-order valence-corrected chi connectivity index (χ1v) is 18.5. The summed E-state index contributed by atoms with van der Waals surface area (Å²) >= 11 is 1.44. The third kappa shape index (κ3) is 18.1. The molecule has 0 aliphatic heterocycles. The van der Waals surface area contributed by atoms with Crippen LogP contribution in [0.15, 0.2) is 4.99 Å². The maximum absolute atomic E-state index is 13.6. The van der Waals surface area contributed by atoms with Gasteiger partial charge in [0.15, 0.2) is 5.96 Å². The Hall–Kier alpha value is -4.13. The highest BCUT2D eigenvalue weighted by atomic mass is 32.2. The van der Waals surface area contributed by atoms with Crippen LogP contribution in [0.5, 0.6) is 0 Å². The highest BCUT2D eigenvalue weighted by Crippen LogP contribution is 2.12. The van der Waals surface area contributed by atoms with Crippen molar-refractivity contribution in [2.45, 2.75) is 110 Å². The number of nitrogens with zero attached hydrogens (tertiary/aromatic N) is 1. The summed E-state index contributed by atoms with van der Waals surface area (Å²) in [5, 5.41) is 24.4. The largest absolute Gasteiger partial charge is 0.480 e. The van der Waals surface area contributed by atoms with E-state index in [2.05, 4.69) is 36.9 Å². The van der Waals surface area contributed by atoms with E-state index in [1.807, 2.05) is 13.2 Å². The lowest BCUT2D eigenvalue weighted by atomic mass is 9.96. The quantitative estimate of drug-likeness (QED) is 0.0295. The van der Waals surface area contributed by atoms with Crippen molar-refractivity contribution in [3.05, 3.63) is 0 Å². The number of aliphatic carboxylic acids is 1. The zero-order valence-corrected chi connectivity index (χ0v) is 31.9. The molecule has 7 unspecified atom stereocenters. The molecule has 0 aromatic carbocycles. The standard InChI is InChI=1S/C32H60N10O8S/c1-9-18(6)25(31(50)39-21(12-14-51-8)28(47)37-15-22(43)44)42-30(49)24(17(4)5)40-26(45)19(7)38-29(48)23(16(2)3)41-27(46)20(33)11-10-13-36-32(34)35/h16-21,23-25H,9-15,33H2,1-8H3,(H,37,47)(H,38,48)(H,39,50)(H,40,45)(H,41,46)(H,42,49)(H,43,44)(H4,34,35,36). The van der Waals surface area contributed by atoms with Crippen LogP contribution in [0.2, 0.25) is 0 Å². The van der Waals surface area contributed by atoms with Crippen molar-refractivity contribution in [3.8, 4) is 0 Å². The van der Waals surface area contributed by atoms with Crippen LogP contribution in [-0.2, 0) is 33.6 Å². The Morgan fingerprint density at radius 2 is 1.22 bits per heavy atom. The van der Waals surface area contributed by atoms with Gasteiger partial charge in [-0.1, -0.05) is 48.0 Å². The van der Waals surface area contributed by atoms with Gasteiger partial charge in [-0.2, -0.15) is 11.8 Å². The molecule has 0 aliphatic carbocycles. The Kier molecular flexibility index (Phi) is 22.2. The molecule has 51 heavy (non-hydrogen) atoms. The molecule has 0 saturated heterocycles. The maximum atomic E-state index is 13.6. The Balaban J connectivity index is 5.67. The summed E-state index contributed by atoms with van der Waals surface area (Å²) in [6.07, 6.45) is 3.24. The van der Waals surface area contributed by atoms with Gasteiger partial charge >= 0.3 is 5.97 Å². The third-order valence-corrected chi connectivity index (χ3v) is 8.64. The second-order valence-corrected chi connectivity index (χ2v) is 14.1. The number of carboxylic acids is 1. The zero-order chi connectivity index (χ0) is 39.4. The van der Waals surface area contributed by atoms with Gasteiger partial charge in [0.1, 0.15) is 36.8 Å². The van der Waals surface area contributed by atoms with E-state index in [4.69, 9.17) is 22.3 Å². The average Bonchev–Trinajstić information content (AvgIpc) is 3.05. The van der Waals surface area contributed by atoms with Crippen LogP contribution >= 0.6 is 11.8 Å². The van der Waals surface area contributed by atoms with Gasteiger partial charge in [-0.05, 0) is 55.9 Å². The molecule has 0 spiro atoms. The summed E-state index contributed by atoms with van der Waals surface area (Å²) in [4.78, 5) is 93.6. The number of thioether (sulfide) groups is 1. The molecule has 292 valence electrons. The Morgan fingerprint density at radius 3 is 1.71 bits per heavy atom. The van der Waals surface area contributed by atoms with E-state index < -0.39 is 90.1 Å². The Morgan fingerprint density at radius 1 is 0.706 bits per heavy atom. The van der Waals surface area contributed by atoms with E-state index in [-0.39, 0.29) is 30.6 Å². The number of nitrogens with two attached hydrogens (primary N) is 3. The second-order valence-electron chi connectivity index (χ2n) is 13.1. The molecule has 0 aliphatic rings. The molecule has 0 aromatic rings. The van der Waals surface area contributed by atoms with Gasteiger partial charge in [0, 0.05) is 6.54 Å². The van der Waals surface area contributed by atoms with E-state index in [9.17, 15) is 33.6 Å². The Bertz CT molecular complexity index is 1210. The van der Waals surface area contributed by atoms with E-state index in [1.54, 1.807) is 34.6 Å². The van der Waals surface area contributed by atoms with Crippen LogP contribution in [0.4, 0.5) is 0 Å². The molecule has 7 atom stereocenters. The van der Waals surface area contributed by atoms with Crippen molar-refractivity contribution in [1.82, 2.24) is 31.9 Å². The smallest absolute Gasteiger partial charge is 0.322 e. The summed E-state index contributed by atoms with van der Waals surface area (Å²) in [6.45, 7) is 11.5. The molecule has 0 bridgehead atoms. The SMILES string of the molecule is CCC(C)C(NC(=O)C(NC(=O)C(C)NC(=O)C(NC(=O)C(N)CCCN=C(N)N)C(C)C)C(C)C)C(=O)NC(CCSC)C(=O)NCC(=O)O. The van der Waals surface area contributed by atoms with Crippen molar-refractivity contribution in [1.29, 1.82) is 0 Å². The van der Waals surface area contributed by atoms with E-state index >= 15 is 0 Å². The normalized spacial score (nSPS) is 15.2. The number of hydrogen-bond acceptors (Lipinski definition) is 10. The maximum Gasteiger partial charge on any atom is 0.322 e. The van der Waals surface area contributed by atoms with E-state index in [0.717, 1.165) is 0 Å². The summed E-state index contributed by atoms with van der Waals surface area (Å²) in [7, 11) is 0. The van der Waals surface area contributed by atoms with Crippen LogP contribution in [0.25, 0.3) is 0 Å². The van der Waals surface area contributed by atoms with Gasteiger partial charge in [0.2, 0.25) is 35.4 Å². The average molecular weight is 745 g/mol. The van der Waals surface area contributed by atoms with E-state index in [1.165, 1.54) is 18.7 Å². The summed E-state index contributed by atoms with van der Waals surface area (Å²) in [5.41, 5.74) is 16.6. The molecule has 0 saturated carbocycles. The predicted octanol–water partition coefficient (Wildman–Crippen LogP) is -1.88. The molecular formula is C32H60N10O8S. The Labute approximate surface area is 304 Å². The summed E-state index contributed by atoms with van der Waals surface area (Å²) in [5.74, 6) is -5.82. The number of carboxylic acid groups (broad SMARTS) is 1. The minimum absolute atomic E-state index is 0.0732. The fraction of sp³-hybridized carbons (Fsp3) is 0.750. The molecule has 19 heteroatoms. The number of aliphatic imine (C=N–C) groups is 1. The summed E-state index contributed by atoms with van der Waals surface area (Å²) < 4.78 is 0. The van der Waals surface area contributed by atoms with Crippen molar-refractivity contribution < 1.29 is 38.7 Å². The number of nitrogens with one attached hydrogen (secondary N) is 6. The number of rotatable bonds is 24. The molecule has 13 N–H and O–H groups in total. The number of carbonyl (C=O) groups excluding carboxylic acids is 6. The fourth-order valence-electron chi connectivity index (χ4n) is 4.62. The molecule has 0 heterocycles. The first-order valence-electron chi connectivity index (χ1n) is 17.1. The molecule has 0 aromatic heterocycles. The minimum Gasteiger partial charge on any atom is -0.480 e. The molecular weight excluding hydrogens is 684 g/mol. The highest BCUT2D eigenvalue weighted by molar-refractivity contribution is 7.98. The predicted molar refractivity (Wildman–Crippen MR) is 196 cm³/mol. The summed E-state index contributed by atoms with van der Waals surface area (Å²) in [6, 6.07) is -6.29. The number of guanidine groups is 1. The van der Waals surface area contributed by atoms with Crippen molar-refractivity contribution in [3.63, 3.8) is 0 Å². The van der Waals surface area contributed by atoms with Gasteiger partial charge < -0.3 is 54.2 Å². The minimum atomic E-state index is -1.24. The first-order chi connectivity index (χ1) is 23.8. The van der Waals surface area contributed by atoms with E-state index in [0.29, 0.717) is 25.1 Å². The lowest BCUT2D eigenvalue weighted by Crippen LogP contribution is -2.61. The molecule has 0 fully saturated rings. The lowest BCUT2D eigenvalue weighted by Gasteiger charge is -2.30. The number of amides is 6. The zero-order valence-electron chi connectivity index (χ0n) is 31.0. The van der Waals surface area contributed by atoms with Gasteiger partial charge in [0.25, 0.3) is 0 Å². The van der Waals surface area contributed by atoms with Crippen LogP contribution < -0.4 is 49.1 Å². The van der Waals surface area contributed by atoms with Gasteiger partial charge in [0.05, 0.1) is 6.04 Å². The third-order valence-electron chi connectivity index (χ3n) is 8.00. The van der Waals surface area contributed by atoms with Crippen LogP contribution in [0.3, 0.4) is 0 Å². The molecule has 6 amide bonds. The highest BCUT2D eigenvalue weighted by Gasteiger charge is 2.35. The van der Waals surface area contributed by atoms with Gasteiger partial charge in [-0.3, -0.25) is 38.6 Å². The molecule has 18 nitrogen and oxygen atoms in total. The second kappa shape index (κ2) is 24.1. The molecule has 0 rings (SSSR count). The first kappa shape index (κ1) is 46.9. The van der Waals surface area contributed by atoms with Crippen molar-refractivity contribution in [2.24, 2.45) is 39.9 Å². The van der Waals surface area contributed by atoms with Crippen LogP contribution in [0.1, 0.15) is 74.1 Å².